The van der Waals surface area contributed by atoms with Gasteiger partial charge in [0.05, 0.1) is 12.1 Å². The first-order valence-corrected chi connectivity index (χ1v) is 10.2. The van der Waals surface area contributed by atoms with Gasteiger partial charge in [-0.05, 0) is 38.0 Å². The van der Waals surface area contributed by atoms with Crippen molar-refractivity contribution in [1.29, 1.82) is 0 Å². The molecular formula is C22H28ClN3O2. The average Bonchev–Trinajstić information content (AvgIpc) is 2.69. The van der Waals surface area contributed by atoms with Crippen LogP contribution in [0.3, 0.4) is 0 Å². The van der Waals surface area contributed by atoms with E-state index in [4.69, 9.17) is 16.3 Å². The third kappa shape index (κ3) is 5.31. The number of nitrogens with zero attached hydrogens (tertiary/aromatic N) is 3. The van der Waals surface area contributed by atoms with Crippen LogP contribution in [0.1, 0.15) is 25.5 Å². The van der Waals surface area contributed by atoms with Crippen molar-refractivity contribution in [3.63, 3.8) is 0 Å². The average molecular weight is 402 g/mol. The molecule has 2 saturated heterocycles. The second-order valence-electron chi connectivity index (χ2n) is 7.43. The maximum absolute atomic E-state index is 12.4. The summed E-state index contributed by atoms with van der Waals surface area (Å²) in [6, 6.07) is 3.72. The molecule has 5 nitrogen and oxygen atoms in total. The first-order valence-electron chi connectivity index (χ1n) is 9.78. The molecule has 1 spiro atoms. The highest BCUT2D eigenvalue weighted by atomic mass is 35.5. The summed E-state index contributed by atoms with van der Waals surface area (Å²) in [6.45, 7) is 8.97. The fourth-order valence-corrected chi connectivity index (χ4v) is 4.01. The molecule has 1 aromatic rings. The zero-order chi connectivity index (χ0) is 20.0. The van der Waals surface area contributed by atoms with Crippen LogP contribution in [0.4, 0.5) is 0 Å². The number of pyridine rings is 1. The number of likely N-dealkylation sites (tertiary alicyclic amines) is 1. The monoisotopic (exact) mass is 401 g/mol. The van der Waals surface area contributed by atoms with Crippen molar-refractivity contribution < 1.29 is 9.53 Å². The van der Waals surface area contributed by atoms with Gasteiger partial charge in [0.15, 0.2) is 0 Å². The van der Waals surface area contributed by atoms with Crippen LogP contribution in [0, 0.1) is 0 Å². The van der Waals surface area contributed by atoms with Gasteiger partial charge in [-0.1, -0.05) is 36.4 Å². The summed E-state index contributed by atoms with van der Waals surface area (Å²) in [5.41, 5.74) is 0.759. The van der Waals surface area contributed by atoms with E-state index in [1.807, 2.05) is 37.4 Å². The van der Waals surface area contributed by atoms with Gasteiger partial charge in [0.2, 0.25) is 0 Å². The highest BCUT2D eigenvalue weighted by molar-refractivity contribution is 6.30. The lowest BCUT2D eigenvalue weighted by atomic mass is 9.88. The van der Waals surface area contributed by atoms with Gasteiger partial charge in [-0.3, -0.25) is 9.78 Å². The molecule has 2 fully saturated rings. The van der Waals surface area contributed by atoms with E-state index in [0.717, 1.165) is 49.6 Å². The molecule has 150 valence electrons. The minimum absolute atomic E-state index is 0.0170. The van der Waals surface area contributed by atoms with Crippen molar-refractivity contribution in [1.82, 2.24) is 14.8 Å². The lowest BCUT2D eigenvalue weighted by molar-refractivity contribution is -0.184. The summed E-state index contributed by atoms with van der Waals surface area (Å²) in [6.07, 6.45) is 13.2. The molecule has 1 atom stereocenters. The summed E-state index contributed by atoms with van der Waals surface area (Å²) in [5.74, 6) is 0.0170. The molecule has 2 aliphatic heterocycles. The second kappa shape index (κ2) is 9.50. The second-order valence-corrected chi connectivity index (χ2v) is 7.86. The highest BCUT2D eigenvalue weighted by Gasteiger charge is 2.44. The number of carbonyl (C=O) groups excluding carboxylic acids is 1. The molecule has 1 amide bonds. The third-order valence-corrected chi connectivity index (χ3v) is 5.61. The fourth-order valence-electron chi connectivity index (χ4n) is 3.83. The predicted octanol–water partition coefficient (Wildman–Crippen LogP) is 3.62. The van der Waals surface area contributed by atoms with Gasteiger partial charge in [0.25, 0.3) is 5.91 Å². The van der Waals surface area contributed by atoms with Gasteiger partial charge in [-0.25, -0.2) is 0 Å². The molecule has 0 aromatic carbocycles. The summed E-state index contributed by atoms with van der Waals surface area (Å²) in [4.78, 5) is 21.1. The molecule has 3 heterocycles. The number of halogens is 1. The van der Waals surface area contributed by atoms with Crippen molar-refractivity contribution in [3.05, 3.63) is 66.1 Å². The number of ether oxygens (including phenoxy) is 1. The first kappa shape index (κ1) is 20.8. The van der Waals surface area contributed by atoms with Crippen LogP contribution in [0.25, 0.3) is 0 Å². The van der Waals surface area contributed by atoms with Crippen LogP contribution in [-0.4, -0.2) is 58.6 Å². The standard InChI is InChI=1S/C22H28ClN3O2/c1-3-4-5-6-12-26-17-22(28-18(2)21(26)27)9-14-25(15-10-22)13-8-20-16-19(23)7-11-24-20/h3-7,11-12,16,18H,1,8-10,13-15,17H2,2H3/b5-4-,12-6+. The Balaban J connectivity index is 1.55. The van der Waals surface area contributed by atoms with Gasteiger partial charge < -0.3 is 14.5 Å². The lowest BCUT2D eigenvalue weighted by Gasteiger charge is -2.48. The third-order valence-electron chi connectivity index (χ3n) is 5.37. The summed E-state index contributed by atoms with van der Waals surface area (Å²) >= 11 is 6.04. The summed E-state index contributed by atoms with van der Waals surface area (Å²) < 4.78 is 6.20. The van der Waals surface area contributed by atoms with Crippen LogP contribution >= 0.6 is 11.6 Å². The Morgan fingerprint density at radius 2 is 2.14 bits per heavy atom. The van der Waals surface area contributed by atoms with Crippen LogP contribution in [0.5, 0.6) is 0 Å². The van der Waals surface area contributed by atoms with E-state index in [9.17, 15) is 4.79 Å². The Morgan fingerprint density at radius 1 is 1.36 bits per heavy atom. The largest absolute Gasteiger partial charge is 0.360 e. The first-order chi connectivity index (χ1) is 13.5. The number of allylic oxidation sites excluding steroid dienone is 4. The van der Waals surface area contributed by atoms with Crippen molar-refractivity contribution in [3.8, 4) is 0 Å². The number of carbonyl (C=O) groups is 1. The molecule has 1 unspecified atom stereocenters. The molecule has 3 rings (SSSR count). The smallest absolute Gasteiger partial charge is 0.255 e. The lowest BCUT2D eigenvalue weighted by Crippen LogP contribution is -2.60. The van der Waals surface area contributed by atoms with E-state index in [2.05, 4.69) is 16.5 Å². The number of amides is 1. The Bertz CT molecular complexity index is 754. The van der Waals surface area contributed by atoms with Crippen molar-refractivity contribution >= 4 is 17.5 Å². The topological polar surface area (TPSA) is 45.7 Å². The van der Waals surface area contributed by atoms with Gasteiger partial charge in [0.1, 0.15) is 6.10 Å². The normalized spacial score (nSPS) is 23.1. The van der Waals surface area contributed by atoms with E-state index in [-0.39, 0.29) is 11.5 Å². The number of piperidine rings is 1. The molecule has 2 aliphatic rings. The van der Waals surface area contributed by atoms with E-state index < -0.39 is 6.10 Å². The maximum Gasteiger partial charge on any atom is 0.255 e. The molecule has 1 aromatic heterocycles. The highest BCUT2D eigenvalue weighted by Crippen LogP contribution is 2.33. The molecule has 0 bridgehead atoms. The predicted molar refractivity (Wildman–Crippen MR) is 112 cm³/mol. The van der Waals surface area contributed by atoms with Gasteiger partial charge in [-0.15, -0.1) is 0 Å². The van der Waals surface area contributed by atoms with Crippen molar-refractivity contribution in [2.75, 3.05) is 26.2 Å². The van der Waals surface area contributed by atoms with E-state index in [0.29, 0.717) is 6.54 Å². The molecule has 6 heteroatoms. The van der Waals surface area contributed by atoms with Crippen LogP contribution < -0.4 is 0 Å². The van der Waals surface area contributed by atoms with Crippen molar-refractivity contribution in [2.45, 2.75) is 37.9 Å². The molecular weight excluding hydrogens is 374 g/mol. The minimum Gasteiger partial charge on any atom is -0.360 e. The summed E-state index contributed by atoms with van der Waals surface area (Å²) in [7, 11) is 0. The number of hydrogen-bond acceptors (Lipinski definition) is 4. The summed E-state index contributed by atoms with van der Waals surface area (Å²) in [5, 5.41) is 0.730. The minimum atomic E-state index is -0.413. The molecule has 0 saturated carbocycles. The van der Waals surface area contributed by atoms with Gasteiger partial charge in [0, 0.05) is 49.2 Å². The zero-order valence-corrected chi connectivity index (χ0v) is 17.1. The SMILES string of the molecule is C=C/C=C\C=C\N1CC2(CCN(CCc3cc(Cl)ccn3)CC2)OC(C)C1=O. The molecule has 28 heavy (non-hydrogen) atoms. The van der Waals surface area contributed by atoms with E-state index >= 15 is 0 Å². The fraction of sp³-hybridized carbons (Fsp3) is 0.455. The quantitative estimate of drug-likeness (QED) is 0.683. The van der Waals surface area contributed by atoms with Gasteiger partial charge >= 0.3 is 0 Å². The number of hydrogen-bond donors (Lipinski definition) is 0. The Kier molecular flexibility index (Phi) is 7.05. The molecule has 0 aliphatic carbocycles. The van der Waals surface area contributed by atoms with Crippen molar-refractivity contribution in [2.24, 2.45) is 0 Å². The number of morpholine rings is 1. The van der Waals surface area contributed by atoms with Crippen LogP contribution in [0.15, 0.2) is 55.4 Å². The molecule has 0 N–H and O–H groups in total. The molecule has 0 radical (unpaired) electrons. The number of rotatable bonds is 6. The Labute approximate surface area is 172 Å². The van der Waals surface area contributed by atoms with E-state index in [1.165, 1.54) is 0 Å². The Morgan fingerprint density at radius 3 is 2.86 bits per heavy atom. The maximum atomic E-state index is 12.4. The van der Waals surface area contributed by atoms with Crippen LogP contribution in [-0.2, 0) is 16.0 Å². The van der Waals surface area contributed by atoms with Crippen LogP contribution in [0.2, 0.25) is 5.02 Å². The zero-order valence-electron chi connectivity index (χ0n) is 16.4. The number of aromatic nitrogens is 1. The van der Waals surface area contributed by atoms with E-state index in [1.54, 1.807) is 23.2 Å². The Hall–Kier alpha value is -1.95. The van der Waals surface area contributed by atoms with Gasteiger partial charge in [-0.2, -0.15) is 0 Å².